The van der Waals surface area contributed by atoms with Crippen LogP contribution in [0.3, 0.4) is 0 Å². The van der Waals surface area contributed by atoms with Crippen LogP contribution in [0.25, 0.3) is 0 Å². The molecule has 0 bridgehead atoms. The number of hydrogen-bond donors (Lipinski definition) is 5. The zero-order valence-corrected chi connectivity index (χ0v) is 10.0. The van der Waals surface area contributed by atoms with Crippen molar-refractivity contribution < 1.29 is 19.7 Å². The molecule has 10 heteroatoms. The second-order valence-corrected chi connectivity index (χ2v) is 2.92. The van der Waals surface area contributed by atoms with E-state index in [-0.39, 0.29) is 31.3 Å². The summed E-state index contributed by atoms with van der Waals surface area (Å²) in [6.45, 7) is -0.667. The highest BCUT2D eigenvalue weighted by Crippen LogP contribution is 2.10. The molecule has 0 aliphatic rings. The molecule has 10 nitrogen and oxygen atoms in total. The summed E-state index contributed by atoms with van der Waals surface area (Å²) in [6, 6.07) is 0. The Hall–Kier alpha value is -1.75. The van der Waals surface area contributed by atoms with Crippen molar-refractivity contribution in [2.24, 2.45) is 0 Å². The Morgan fingerprint density at radius 3 is 1.78 bits per heavy atom. The second kappa shape index (κ2) is 7.55. The van der Waals surface area contributed by atoms with Gasteiger partial charge in [-0.15, -0.1) is 0 Å². The van der Waals surface area contributed by atoms with Crippen molar-refractivity contribution in [2.45, 2.75) is 6.41 Å². The van der Waals surface area contributed by atoms with Crippen LogP contribution in [0, 0.1) is 0 Å². The maximum atomic E-state index is 8.75. The largest absolute Gasteiger partial charge is 0.376 e. The predicted molar refractivity (Wildman–Crippen MR) is 62.7 cm³/mol. The molecule has 18 heavy (non-hydrogen) atoms. The van der Waals surface area contributed by atoms with Gasteiger partial charge in [-0.2, -0.15) is 15.0 Å². The van der Waals surface area contributed by atoms with Gasteiger partial charge >= 0.3 is 0 Å². The molecule has 0 aliphatic heterocycles. The van der Waals surface area contributed by atoms with Crippen LogP contribution in [0.2, 0.25) is 0 Å². The highest BCUT2D eigenvalue weighted by Gasteiger charge is 2.10. The molecule has 0 spiro atoms. The summed E-state index contributed by atoms with van der Waals surface area (Å²) in [7, 11) is 2.89. The molecule has 1 aromatic heterocycles. The lowest BCUT2D eigenvalue weighted by Crippen LogP contribution is -2.25. The Morgan fingerprint density at radius 1 is 0.944 bits per heavy atom. The number of rotatable bonds is 8. The van der Waals surface area contributed by atoms with Crippen LogP contribution in [-0.2, 0) is 9.47 Å². The number of methoxy groups -OCH3 is 2. The van der Waals surface area contributed by atoms with Gasteiger partial charge in [0.05, 0.1) is 0 Å². The van der Waals surface area contributed by atoms with Crippen LogP contribution in [0.4, 0.5) is 17.8 Å². The van der Waals surface area contributed by atoms with Gasteiger partial charge in [0.25, 0.3) is 0 Å². The lowest BCUT2D eigenvalue weighted by Gasteiger charge is -2.15. The third-order valence-corrected chi connectivity index (χ3v) is 1.78. The highest BCUT2D eigenvalue weighted by molar-refractivity contribution is 5.41. The first kappa shape index (κ1) is 14.3. The van der Waals surface area contributed by atoms with Crippen LogP contribution in [0.1, 0.15) is 0 Å². The number of aromatic nitrogens is 3. The van der Waals surface area contributed by atoms with Gasteiger partial charge in [0.1, 0.15) is 13.5 Å². The first-order valence-corrected chi connectivity index (χ1v) is 5.01. The SMILES string of the molecule is COC(Nc1nc(NCO)nc(NCO)n1)OC. The summed E-state index contributed by atoms with van der Waals surface area (Å²) in [6.07, 6.45) is -0.726. The van der Waals surface area contributed by atoms with E-state index in [1.165, 1.54) is 14.2 Å². The molecule has 1 heterocycles. The summed E-state index contributed by atoms with van der Waals surface area (Å²) in [5, 5.41) is 25.2. The van der Waals surface area contributed by atoms with E-state index in [1.54, 1.807) is 0 Å². The Labute approximate surface area is 103 Å². The van der Waals surface area contributed by atoms with E-state index in [0.717, 1.165) is 0 Å². The molecule has 0 saturated carbocycles. The summed E-state index contributed by atoms with van der Waals surface area (Å²) < 4.78 is 9.86. The Balaban J connectivity index is 2.87. The molecule has 1 aromatic rings. The van der Waals surface area contributed by atoms with E-state index in [4.69, 9.17) is 19.7 Å². The molecule has 0 fully saturated rings. The molecule has 0 aromatic carbocycles. The van der Waals surface area contributed by atoms with Gasteiger partial charge in [-0.3, -0.25) is 0 Å². The van der Waals surface area contributed by atoms with E-state index in [1.807, 2.05) is 0 Å². The molecule has 5 N–H and O–H groups in total. The summed E-state index contributed by atoms with van der Waals surface area (Å²) >= 11 is 0. The van der Waals surface area contributed by atoms with Crippen LogP contribution in [0.5, 0.6) is 0 Å². The van der Waals surface area contributed by atoms with Crippen LogP contribution in [-0.4, -0.2) is 59.3 Å². The van der Waals surface area contributed by atoms with Crippen molar-refractivity contribution >= 4 is 17.8 Å². The zero-order chi connectivity index (χ0) is 13.4. The third-order valence-electron chi connectivity index (χ3n) is 1.78. The zero-order valence-electron chi connectivity index (χ0n) is 10.0. The molecule has 0 aliphatic carbocycles. The molecule has 0 atom stereocenters. The van der Waals surface area contributed by atoms with Crippen molar-refractivity contribution in [2.75, 3.05) is 43.6 Å². The molecule has 0 amide bonds. The van der Waals surface area contributed by atoms with E-state index < -0.39 is 6.41 Å². The molecule has 0 saturated heterocycles. The Bertz CT molecular complexity index is 337. The summed E-state index contributed by atoms with van der Waals surface area (Å²) in [4.78, 5) is 11.8. The first-order chi connectivity index (χ1) is 8.73. The predicted octanol–water partition coefficient (Wildman–Crippen LogP) is -1.42. The van der Waals surface area contributed by atoms with Gasteiger partial charge in [-0.05, 0) is 0 Å². The Kier molecular flexibility index (Phi) is 6.00. The van der Waals surface area contributed by atoms with Gasteiger partial charge in [0.15, 0.2) is 0 Å². The van der Waals surface area contributed by atoms with Crippen molar-refractivity contribution in [3.63, 3.8) is 0 Å². The number of ether oxygens (including phenoxy) is 2. The van der Waals surface area contributed by atoms with Crippen molar-refractivity contribution in [1.82, 2.24) is 15.0 Å². The van der Waals surface area contributed by atoms with Crippen LogP contribution >= 0.6 is 0 Å². The number of hydrogen-bond acceptors (Lipinski definition) is 10. The number of aliphatic hydroxyl groups is 2. The van der Waals surface area contributed by atoms with E-state index in [2.05, 4.69) is 30.9 Å². The van der Waals surface area contributed by atoms with E-state index in [0.29, 0.717) is 0 Å². The van der Waals surface area contributed by atoms with Gasteiger partial charge in [-0.25, -0.2) is 0 Å². The average Bonchev–Trinajstić information content (AvgIpc) is 2.36. The molecule has 0 radical (unpaired) electrons. The van der Waals surface area contributed by atoms with Crippen molar-refractivity contribution in [1.29, 1.82) is 0 Å². The van der Waals surface area contributed by atoms with Crippen molar-refractivity contribution in [3.05, 3.63) is 0 Å². The fourth-order valence-electron chi connectivity index (χ4n) is 1.06. The van der Waals surface area contributed by atoms with E-state index in [9.17, 15) is 0 Å². The van der Waals surface area contributed by atoms with E-state index >= 15 is 0 Å². The number of nitrogens with one attached hydrogen (secondary N) is 3. The fraction of sp³-hybridized carbons (Fsp3) is 0.625. The number of nitrogens with zero attached hydrogens (tertiary/aromatic N) is 3. The molecule has 0 unspecified atom stereocenters. The maximum absolute atomic E-state index is 8.75. The minimum Gasteiger partial charge on any atom is -0.376 e. The maximum Gasteiger partial charge on any atom is 0.239 e. The van der Waals surface area contributed by atoms with Crippen LogP contribution in [0.15, 0.2) is 0 Å². The monoisotopic (exact) mass is 260 g/mol. The quantitative estimate of drug-likeness (QED) is 0.354. The first-order valence-electron chi connectivity index (χ1n) is 5.01. The molecule has 1 rings (SSSR count). The molecular formula is C8H16N6O4. The molecular weight excluding hydrogens is 244 g/mol. The lowest BCUT2D eigenvalue weighted by molar-refractivity contribution is -0.0812. The lowest BCUT2D eigenvalue weighted by atomic mass is 10.7. The highest BCUT2D eigenvalue weighted by atomic mass is 16.7. The van der Waals surface area contributed by atoms with Crippen LogP contribution < -0.4 is 16.0 Å². The average molecular weight is 260 g/mol. The third kappa shape index (κ3) is 4.25. The minimum absolute atomic E-state index is 0.136. The standard InChI is InChI=1S/C8H16N6O4/c1-17-8(18-2)14-7-12-5(9-3-15)11-6(13-7)10-4-16/h8,15-16H,3-4H2,1-2H3,(H3,9,10,11,12,13,14). The van der Waals surface area contributed by atoms with Crippen molar-refractivity contribution in [3.8, 4) is 0 Å². The topological polar surface area (TPSA) is 134 Å². The van der Waals surface area contributed by atoms with Gasteiger partial charge < -0.3 is 35.6 Å². The normalized spacial score (nSPS) is 10.5. The minimum atomic E-state index is -0.726. The molecule has 102 valence electrons. The second-order valence-electron chi connectivity index (χ2n) is 2.92. The Morgan fingerprint density at radius 2 is 1.39 bits per heavy atom. The number of aliphatic hydroxyl groups excluding tert-OH is 2. The number of anilines is 3. The van der Waals surface area contributed by atoms with Gasteiger partial charge in [0, 0.05) is 14.2 Å². The summed E-state index contributed by atoms with van der Waals surface area (Å²) in [5.41, 5.74) is 0. The fourth-order valence-corrected chi connectivity index (χ4v) is 1.06. The summed E-state index contributed by atoms with van der Waals surface area (Å²) in [5.74, 6) is 0.430. The smallest absolute Gasteiger partial charge is 0.239 e. The van der Waals surface area contributed by atoms with Gasteiger partial charge in [-0.1, -0.05) is 0 Å². The van der Waals surface area contributed by atoms with Gasteiger partial charge in [0.2, 0.25) is 24.3 Å².